The van der Waals surface area contributed by atoms with E-state index in [1.165, 1.54) is 28.8 Å². The van der Waals surface area contributed by atoms with Crippen LogP contribution in [0.2, 0.25) is 0 Å². The molecule has 7 nitrogen and oxygen atoms in total. The molecule has 0 spiro atoms. The first kappa shape index (κ1) is 19.4. The van der Waals surface area contributed by atoms with Crippen LogP contribution in [0.1, 0.15) is 30.0 Å². The smallest absolute Gasteiger partial charge is 0.288 e. The average Bonchev–Trinajstić information content (AvgIpc) is 3.02. The zero-order chi connectivity index (χ0) is 20.8. The zero-order valence-corrected chi connectivity index (χ0v) is 17.2. The first-order chi connectivity index (χ1) is 13.8. The number of piperidine rings is 1. The molecule has 29 heavy (non-hydrogen) atoms. The number of nitro benzene ring substituents is 1. The van der Waals surface area contributed by atoms with Crippen LogP contribution in [-0.4, -0.2) is 37.7 Å². The summed E-state index contributed by atoms with van der Waals surface area (Å²) < 4.78 is 24.1. The van der Waals surface area contributed by atoms with Crippen molar-refractivity contribution in [2.75, 3.05) is 24.2 Å². The number of hydrogen-bond acceptors (Lipinski definition) is 5. The Morgan fingerprint density at radius 3 is 2.48 bits per heavy atom. The normalized spacial score (nSPS) is 15.7. The molecule has 1 aliphatic rings. The number of sulfone groups is 1. The van der Waals surface area contributed by atoms with Crippen molar-refractivity contribution in [2.45, 2.75) is 30.6 Å². The van der Waals surface area contributed by atoms with Crippen LogP contribution in [0.25, 0.3) is 10.9 Å². The fourth-order valence-corrected chi connectivity index (χ4v) is 5.26. The van der Waals surface area contributed by atoms with E-state index in [1.807, 2.05) is 6.07 Å². The van der Waals surface area contributed by atoms with Gasteiger partial charge >= 0.3 is 0 Å². The summed E-state index contributed by atoms with van der Waals surface area (Å²) >= 11 is 0. The van der Waals surface area contributed by atoms with E-state index in [9.17, 15) is 18.5 Å². The minimum absolute atomic E-state index is 0.227. The molecule has 0 saturated carbocycles. The topological polar surface area (TPSA) is 96.3 Å². The summed E-state index contributed by atoms with van der Waals surface area (Å²) in [6, 6.07) is 12.7. The van der Waals surface area contributed by atoms with Crippen LogP contribution >= 0.6 is 0 Å². The number of anilines is 1. The van der Waals surface area contributed by atoms with Gasteiger partial charge in [-0.05, 0) is 49.4 Å². The van der Waals surface area contributed by atoms with E-state index in [-0.39, 0.29) is 10.6 Å². The van der Waals surface area contributed by atoms with Crippen molar-refractivity contribution in [3.63, 3.8) is 0 Å². The lowest BCUT2D eigenvalue weighted by Crippen LogP contribution is -2.33. The highest BCUT2D eigenvalue weighted by Gasteiger charge is 2.27. The molecule has 2 heterocycles. The Balaban J connectivity index is 1.59. The Morgan fingerprint density at radius 2 is 1.83 bits per heavy atom. The highest BCUT2D eigenvalue weighted by Crippen LogP contribution is 2.37. The predicted octanol–water partition coefficient (Wildman–Crippen LogP) is 4.17. The van der Waals surface area contributed by atoms with Crippen LogP contribution in [0.15, 0.2) is 47.4 Å². The Morgan fingerprint density at radius 1 is 1.14 bits per heavy atom. The largest absolute Gasteiger partial charge is 0.371 e. The summed E-state index contributed by atoms with van der Waals surface area (Å²) in [6.07, 6.45) is 2.88. The molecule has 1 fully saturated rings. The van der Waals surface area contributed by atoms with Gasteiger partial charge in [0, 0.05) is 47.7 Å². The number of fused-ring (bicyclic) bond motifs is 1. The van der Waals surface area contributed by atoms with Gasteiger partial charge in [-0.15, -0.1) is 0 Å². The lowest BCUT2D eigenvalue weighted by molar-refractivity contribution is -0.387. The van der Waals surface area contributed by atoms with Gasteiger partial charge in [0.25, 0.3) is 5.69 Å². The molecule has 2 aromatic carbocycles. The maximum Gasteiger partial charge on any atom is 0.288 e. The van der Waals surface area contributed by atoms with Gasteiger partial charge in [-0.2, -0.15) is 0 Å². The van der Waals surface area contributed by atoms with Gasteiger partial charge in [0.2, 0.25) is 0 Å². The monoisotopic (exact) mass is 413 g/mol. The number of nitro groups is 1. The molecule has 0 unspecified atom stereocenters. The van der Waals surface area contributed by atoms with Crippen LogP contribution in [0, 0.1) is 17.0 Å². The van der Waals surface area contributed by atoms with Crippen LogP contribution in [0.3, 0.4) is 0 Å². The van der Waals surface area contributed by atoms with Gasteiger partial charge < -0.3 is 9.88 Å². The van der Waals surface area contributed by atoms with Crippen molar-refractivity contribution in [3.05, 3.63) is 63.8 Å². The molecule has 0 amide bonds. The average molecular weight is 413 g/mol. The number of H-pyrrole nitrogens is 1. The van der Waals surface area contributed by atoms with E-state index in [0.717, 1.165) is 37.7 Å². The number of aromatic amines is 1. The van der Waals surface area contributed by atoms with Gasteiger partial charge in [0.05, 0.1) is 4.92 Å². The molecule has 1 N–H and O–H groups in total. The van der Waals surface area contributed by atoms with E-state index in [2.05, 4.69) is 35.0 Å². The molecule has 0 bridgehead atoms. The molecule has 1 aromatic heterocycles. The highest BCUT2D eigenvalue weighted by atomic mass is 32.2. The number of rotatable bonds is 4. The van der Waals surface area contributed by atoms with Crippen molar-refractivity contribution in [1.29, 1.82) is 0 Å². The number of benzene rings is 2. The minimum Gasteiger partial charge on any atom is -0.371 e. The standard InChI is InChI=1S/C21H23N3O4S/c1-14-21(17-5-3-4-6-18(17)22-14)15-9-11-23(12-10-15)16-7-8-19(24(25)26)20(13-16)29(2,27)28/h3-8,13,15,22H,9-12H2,1-2H3. The Hall–Kier alpha value is -2.87. The summed E-state index contributed by atoms with van der Waals surface area (Å²) in [5.41, 5.74) is 4.04. The first-order valence-electron chi connectivity index (χ1n) is 9.56. The van der Waals surface area contributed by atoms with E-state index in [4.69, 9.17) is 0 Å². The van der Waals surface area contributed by atoms with Crippen molar-refractivity contribution < 1.29 is 13.3 Å². The number of aromatic nitrogens is 1. The van der Waals surface area contributed by atoms with Gasteiger partial charge in [0.15, 0.2) is 9.84 Å². The third kappa shape index (κ3) is 3.60. The van der Waals surface area contributed by atoms with Crippen LogP contribution < -0.4 is 4.90 Å². The molecule has 0 aliphatic carbocycles. The predicted molar refractivity (Wildman–Crippen MR) is 113 cm³/mol. The van der Waals surface area contributed by atoms with Crippen molar-refractivity contribution in [1.82, 2.24) is 4.98 Å². The molecule has 0 atom stereocenters. The number of hydrogen-bond donors (Lipinski definition) is 1. The third-order valence-electron chi connectivity index (χ3n) is 5.75. The fourth-order valence-electron chi connectivity index (χ4n) is 4.40. The number of nitrogens with one attached hydrogen (secondary N) is 1. The maximum absolute atomic E-state index is 12.0. The van der Waals surface area contributed by atoms with Gasteiger partial charge in [0.1, 0.15) is 4.90 Å². The molecule has 152 valence electrons. The minimum atomic E-state index is -3.69. The van der Waals surface area contributed by atoms with Gasteiger partial charge in [-0.1, -0.05) is 18.2 Å². The lowest BCUT2D eigenvalue weighted by atomic mass is 9.87. The fraction of sp³-hybridized carbons (Fsp3) is 0.333. The molecule has 1 saturated heterocycles. The SMILES string of the molecule is Cc1[nH]c2ccccc2c1C1CCN(c2ccc([N+](=O)[O-])c(S(C)(=O)=O)c2)CC1. The number of aryl methyl sites for hydroxylation is 1. The summed E-state index contributed by atoms with van der Waals surface area (Å²) in [4.78, 5) is 15.9. The molecule has 0 radical (unpaired) electrons. The number of para-hydroxylation sites is 1. The molecule has 4 rings (SSSR count). The Kier molecular flexibility index (Phi) is 4.82. The van der Waals surface area contributed by atoms with Crippen molar-refractivity contribution in [2.24, 2.45) is 0 Å². The number of nitrogens with zero attached hydrogens (tertiary/aromatic N) is 2. The zero-order valence-electron chi connectivity index (χ0n) is 16.4. The summed E-state index contributed by atoms with van der Waals surface area (Å²) in [6.45, 7) is 3.64. The van der Waals surface area contributed by atoms with Crippen molar-refractivity contribution in [3.8, 4) is 0 Å². The third-order valence-corrected chi connectivity index (χ3v) is 6.88. The molecular formula is C21H23N3O4S. The van der Waals surface area contributed by atoms with Crippen molar-refractivity contribution >= 4 is 32.1 Å². The van der Waals surface area contributed by atoms with E-state index < -0.39 is 14.8 Å². The van der Waals surface area contributed by atoms with E-state index in [0.29, 0.717) is 11.6 Å². The molecular weight excluding hydrogens is 390 g/mol. The highest BCUT2D eigenvalue weighted by molar-refractivity contribution is 7.90. The first-order valence-corrected chi connectivity index (χ1v) is 11.5. The second-order valence-electron chi connectivity index (χ2n) is 7.65. The Labute approximate surface area is 169 Å². The molecule has 8 heteroatoms. The summed E-state index contributed by atoms with van der Waals surface area (Å²) in [5, 5.41) is 12.5. The van der Waals surface area contributed by atoms with E-state index >= 15 is 0 Å². The van der Waals surface area contributed by atoms with Gasteiger partial charge in [-0.25, -0.2) is 8.42 Å². The van der Waals surface area contributed by atoms with Gasteiger partial charge in [-0.3, -0.25) is 10.1 Å². The second kappa shape index (κ2) is 7.18. The molecule has 1 aliphatic heterocycles. The summed E-state index contributed by atoms with van der Waals surface area (Å²) in [5.74, 6) is 0.426. The molecule has 3 aromatic rings. The summed E-state index contributed by atoms with van der Waals surface area (Å²) in [7, 11) is -3.69. The lowest BCUT2D eigenvalue weighted by Gasteiger charge is -2.34. The Bertz CT molecular complexity index is 1190. The van der Waals surface area contributed by atoms with E-state index in [1.54, 1.807) is 6.07 Å². The maximum atomic E-state index is 12.0. The van der Waals surface area contributed by atoms with Crippen LogP contribution in [-0.2, 0) is 9.84 Å². The second-order valence-corrected chi connectivity index (χ2v) is 9.64. The van der Waals surface area contributed by atoms with Crippen LogP contribution in [0.5, 0.6) is 0 Å². The van der Waals surface area contributed by atoms with Crippen LogP contribution in [0.4, 0.5) is 11.4 Å². The quantitative estimate of drug-likeness (QED) is 0.511.